The Labute approximate surface area is 51.6 Å². The Kier molecular flexibility index (Phi) is 1.71. The van der Waals surface area contributed by atoms with Gasteiger partial charge in [-0.15, -0.1) is 0 Å². The Bertz CT molecular complexity index is 40.1. The summed E-state index contributed by atoms with van der Waals surface area (Å²) in [5, 5.41) is 3.21. The van der Waals surface area contributed by atoms with Crippen molar-refractivity contribution in [3.05, 3.63) is 0 Å². The second-order valence-corrected chi connectivity index (χ2v) is 2.56. The van der Waals surface area contributed by atoms with Crippen molar-refractivity contribution in [3.8, 4) is 0 Å². The van der Waals surface area contributed by atoms with Gasteiger partial charge in [0.1, 0.15) is 0 Å². The van der Waals surface area contributed by atoms with Crippen LogP contribution in [0.3, 0.4) is 0 Å². The van der Waals surface area contributed by atoms with Gasteiger partial charge in [-0.05, 0) is 19.0 Å². The van der Waals surface area contributed by atoms with Crippen LogP contribution in [0.2, 0.25) is 0 Å². The standard InChI is InChI=1S/C4H8IN/c5-1-4-2-6-3-4/h4,6H,1-3H2. The molecular formula is C4H8IN. The maximum absolute atomic E-state index is 3.21. The van der Waals surface area contributed by atoms with Crippen LogP contribution in [0.15, 0.2) is 0 Å². The molecule has 0 aromatic heterocycles. The van der Waals surface area contributed by atoms with E-state index in [0.29, 0.717) is 0 Å². The first-order chi connectivity index (χ1) is 2.93. The molecule has 0 radical (unpaired) electrons. The van der Waals surface area contributed by atoms with E-state index in [0.717, 1.165) is 5.92 Å². The lowest BCUT2D eigenvalue weighted by molar-refractivity contribution is 0.390. The number of halogens is 1. The van der Waals surface area contributed by atoms with E-state index in [9.17, 15) is 0 Å². The molecule has 1 saturated heterocycles. The SMILES string of the molecule is ICC1CNC1. The summed E-state index contributed by atoms with van der Waals surface area (Å²) in [4.78, 5) is 0. The topological polar surface area (TPSA) is 12.0 Å². The van der Waals surface area contributed by atoms with Crippen molar-refractivity contribution in [2.24, 2.45) is 5.92 Å². The van der Waals surface area contributed by atoms with Gasteiger partial charge in [0.05, 0.1) is 0 Å². The van der Waals surface area contributed by atoms with E-state index in [2.05, 4.69) is 27.9 Å². The number of nitrogens with one attached hydrogen (secondary N) is 1. The van der Waals surface area contributed by atoms with Crippen LogP contribution in [0.25, 0.3) is 0 Å². The highest BCUT2D eigenvalue weighted by atomic mass is 127. The largest absolute Gasteiger partial charge is 0.316 e. The summed E-state index contributed by atoms with van der Waals surface area (Å²) in [6.45, 7) is 2.51. The summed E-state index contributed by atoms with van der Waals surface area (Å²) in [7, 11) is 0. The van der Waals surface area contributed by atoms with Gasteiger partial charge in [0.25, 0.3) is 0 Å². The third kappa shape index (κ3) is 0.846. The molecule has 0 aromatic carbocycles. The van der Waals surface area contributed by atoms with Gasteiger partial charge in [0, 0.05) is 4.43 Å². The highest BCUT2D eigenvalue weighted by molar-refractivity contribution is 14.1. The van der Waals surface area contributed by atoms with Crippen LogP contribution < -0.4 is 5.32 Å². The molecule has 0 aromatic rings. The minimum atomic E-state index is 0.991. The second kappa shape index (κ2) is 2.12. The van der Waals surface area contributed by atoms with Crippen LogP contribution in [0, 0.1) is 5.92 Å². The molecular weight excluding hydrogens is 189 g/mol. The van der Waals surface area contributed by atoms with Crippen LogP contribution in [-0.2, 0) is 0 Å². The summed E-state index contributed by atoms with van der Waals surface area (Å²) in [5.41, 5.74) is 0. The monoisotopic (exact) mass is 197 g/mol. The normalized spacial score (nSPS) is 23.5. The average Bonchev–Trinajstić information content (AvgIpc) is 1.31. The molecule has 1 aliphatic heterocycles. The quantitative estimate of drug-likeness (QED) is 0.480. The molecule has 6 heavy (non-hydrogen) atoms. The molecule has 0 amide bonds. The molecule has 2 heteroatoms. The maximum Gasteiger partial charge on any atom is 0.00479 e. The predicted molar refractivity (Wildman–Crippen MR) is 35.2 cm³/mol. The van der Waals surface area contributed by atoms with Crippen molar-refractivity contribution in [3.63, 3.8) is 0 Å². The van der Waals surface area contributed by atoms with Gasteiger partial charge in [-0.25, -0.2) is 0 Å². The van der Waals surface area contributed by atoms with E-state index in [4.69, 9.17) is 0 Å². The van der Waals surface area contributed by atoms with Crippen molar-refractivity contribution in [2.75, 3.05) is 17.5 Å². The molecule has 36 valence electrons. The Morgan fingerprint density at radius 1 is 1.67 bits per heavy atom. The first-order valence-electron chi connectivity index (χ1n) is 2.20. The summed E-state index contributed by atoms with van der Waals surface area (Å²) < 4.78 is 1.32. The third-order valence-corrected chi connectivity index (χ3v) is 2.33. The van der Waals surface area contributed by atoms with Crippen LogP contribution in [-0.4, -0.2) is 17.5 Å². The molecule has 1 rings (SSSR count). The van der Waals surface area contributed by atoms with Crippen molar-refractivity contribution in [2.45, 2.75) is 0 Å². The fourth-order valence-electron chi connectivity index (χ4n) is 0.458. The van der Waals surface area contributed by atoms with E-state index in [1.807, 2.05) is 0 Å². The molecule has 0 saturated carbocycles. The lowest BCUT2D eigenvalue weighted by Crippen LogP contribution is -2.42. The van der Waals surface area contributed by atoms with Crippen LogP contribution >= 0.6 is 22.6 Å². The van der Waals surface area contributed by atoms with Gasteiger partial charge < -0.3 is 5.32 Å². The third-order valence-electron chi connectivity index (χ3n) is 1.08. The van der Waals surface area contributed by atoms with Crippen molar-refractivity contribution < 1.29 is 0 Å². The summed E-state index contributed by atoms with van der Waals surface area (Å²) in [6.07, 6.45) is 0. The van der Waals surface area contributed by atoms with Crippen molar-refractivity contribution >= 4 is 22.6 Å². The molecule has 0 atom stereocenters. The fraction of sp³-hybridized carbons (Fsp3) is 1.00. The highest BCUT2D eigenvalue weighted by Crippen LogP contribution is 2.04. The maximum atomic E-state index is 3.21. The van der Waals surface area contributed by atoms with Crippen LogP contribution in [0.1, 0.15) is 0 Å². The van der Waals surface area contributed by atoms with Gasteiger partial charge in [-0.3, -0.25) is 0 Å². The molecule has 0 spiro atoms. The first kappa shape index (κ1) is 4.84. The first-order valence-corrected chi connectivity index (χ1v) is 3.72. The van der Waals surface area contributed by atoms with Crippen LogP contribution in [0.5, 0.6) is 0 Å². The van der Waals surface area contributed by atoms with Crippen molar-refractivity contribution in [1.29, 1.82) is 0 Å². The van der Waals surface area contributed by atoms with Gasteiger partial charge >= 0.3 is 0 Å². The fourth-order valence-corrected chi connectivity index (χ4v) is 1.08. The van der Waals surface area contributed by atoms with Gasteiger partial charge in [0.2, 0.25) is 0 Å². The second-order valence-electron chi connectivity index (χ2n) is 1.68. The number of rotatable bonds is 1. The molecule has 0 bridgehead atoms. The van der Waals surface area contributed by atoms with E-state index >= 15 is 0 Å². The van der Waals surface area contributed by atoms with E-state index in [1.165, 1.54) is 17.5 Å². The Morgan fingerprint density at radius 2 is 2.33 bits per heavy atom. The van der Waals surface area contributed by atoms with E-state index < -0.39 is 0 Å². The molecule has 1 heterocycles. The molecule has 0 unspecified atom stereocenters. The zero-order chi connectivity index (χ0) is 4.41. The lowest BCUT2D eigenvalue weighted by atomic mass is 10.1. The summed E-state index contributed by atoms with van der Waals surface area (Å²) in [6, 6.07) is 0. The van der Waals surface area contributed by atoms with Crippen LogP contribution in [0.4, 0.5) is 0 Å². The van der Waals surface area contributed by atoms with Crippen molar-refractivity contribution in [1.82, 2.24) is 5.32 Å². The lowest BCUT2D eigenvalue weighted by Gasteiger charge is -2.24. The minimum Gasteiger partial charge on any atom is -0.316 e. The minimum absolute atomic E-state index is 0.991. The van der Waals surface area contributed by atoms with E-state index in [1.54, 1.807) is 0 Å². The Hall–Kier alpha value is 0.690. The molecule has 1 nitrogen and oxygen atoms in total. The zero-order valence-electron chi connectivity index (χ0n) is 3.58. The average molecular weight is 197 g/mol. The van der Waals surface area contributed by atoms with Gasteiger partial charge in [-0.1, -0.05) is 22.6 Å². The van der Waals surface area contributed by atoms with Gasteiger partial charge in [0.15, 0.2) is 0 Å². The highest BCUT2D eigenvalue weighted by Gasteiger charge is 2.13. The number of hydrogen-bond acceptors (Lipinski definition) is 1. The number of alkyl halides is 1. The molecule has 1 fully saturated rings. The predicted octanol–water partition coefficient (Wildman–Crippen LogP) is 0.641. The Balaban J connectivity index is 2.01. The molecule has 0 aliphatic carbocycles. The molecule has 1 N–H and O–H groups in total. The number of hydrogen-bond donors (Lipinski definition) is 1. The van der Waals surface area contributed by atoms with E-state index in [-0.39, 0.29) is 0 Å². The summed E-state index contributed by atoms with van der Waals surface area (Å²) in [5.74, 6) is 0.991. The van der Waals surface area contributed by atoms with Gasteiger partial charge in [-0.2, -0.15) is 0 Å². The molecule has 1 aliphatic rings. The zero-order valence-corrected chi connectivity index (χ0v) is 5.73. The smallest absolute Gasteiger partial charge is 0.00479 e. The summed E-state index contributed by atoms with van der Waals surface area (Å²) >= 11 is 2.42. The Morgan fingerprint density at radius 3 is 2.33 bits per heavy atom.